The largest absolute Gasteiger partial charge is 0.495 e. The van der Waals surface area contributed by atoms with Crippen molar-refractivity contribution in [1.82, 2.24) is 4.72 Å². The molecule has 0 aliphatic heterocycles. The lowest BCUT2D eigenvalue weighted by molar-refractivity contribution is -0.385. The third-order valence-electron chi connectivity index (χ3n) is 2.29. The molecule has 0 unspecified atom stereocenters. The predicted octanol–water partition coefficient (Wildman–Crippen LogP) is 1.46. The monoisotopic (exact) mass is 286 g/mol. The Kier molecular flexibility index (Phi) is 5.02. The highest BCUT2D eigenvalue weighted by Gasteiger charge is 2.22. The zero-order valence-electron chi connectivity index (χ0n) is 10.3. The fraction of sp³-hybridized carbons (Fsp3) is 0.273. The van der Waals surface area contributed by atoms with Crippen LogP contribution in [0.15, 0.2) is 35.7 Å². The molecule has 1 aromatic rings. The maximum Gasteiger partial charge on any atom is 0.271 e. The Morgan fingerprint density at radius 3 is 2.74 bits per heavy atom. The Morgan fingerprint density at radius 1 is 1.53 bits per heavy atom. The minimum Gasteiger partial charge on any atom is -0.495 e. The summed E-state index contributed by atoms with van der Waals surface area (Å²) in [6.07, 6.45) is 2.02. The topological polar surface area (TPSA) is 98.5 Å². The minimum absolute atomic E-state index is 0.0525. The first-order valence-corrected chi connectivity index (χ1v) is 6.83. The van der Waals surface area contributed by atoms with Crippen LogP contribution in [0.25, 0.3) is 0 Å². The van der Waals surface area contributed by atoms with Gasteiger partial charge in [0.25, 0.3) is 5.69 Å². The van der Waals surface area contributed by atoms with E-state index in [1.807, 2.05) is 0 Å². The van der Waals surface area contributed by atoms with E-state index in [0.29, 0.717) is 6.42 Å². The molecule has 0 spiro atoms. The number of non-ortho nitro benzene ring substituents is 1. The van der Waals surface area contributed by atoms with E-state index in [4.69, 9.17) is 4.74 Å². The van der Waals surface area contributed by atoms with E-state index in [2.05, 4.69) is 11.3 Å². The molecule has 19 heavy (non-hydrogen) atoms. The molecule has 0 aliphatic carbocycles. The molecule has 0 bridgehead atoms. The Morgan fingerprint density at radius 2 is 2.21 bits per heavy atom. The fourth-order valence-electron chi connectivity index (χ4n) is 1.36. The Hall–Kier alpha value is -1.93. The van der Waals surface area contributed by atoms with E-state index in [9.17, 15) is 18.5 Å². The Bertz CT molecular complexity index is 583. The Labute approximate surface area is 111 Å². The first-order valence-electron chi connectivity index (χ1n) is 5.35. The molecule has 0 atom stereocenters. The molecule has 8 heteroatoms. The van der Waals surface area contributed by atoms with Gasteiger partial charge in [-0.05, 0) is 12.5 Å². The zero-order valence-corrected chi connectivity index (χ0v) is 11.1. The van der Waals surface area contributed by atoms with Crippen LogP contribution in [0.3, 0.4) is 0 Å². The van der Waals surface area contributed by atoms with Gasteiger partial charge in [0.2, 0.25) is 10.0 Å². The molecule has 1 aromatic carbocycles. The number of nitrogens with one attached hydrogen (secondary N) is 1. The van der Waals surface area contributed by atoms with Gasteiger partial charge in [0.05, 0.1) is 12.0 Å². The van der Waals surface area contributed by atoms with Gasteiger partial charge in [0.15, 0.2) is 0 Å². The number of nitro groups is 1. The second kappa shape index (κ2) is 6.30. The van der Waals surface area contributed by atoms with Crippen LogP contribution in [0.4, 0.5) is 5.69 Å². The molecule has 0 saturated heterocycles. The summed E-state index contributed by atoms with van der Waals surface area (Å²) in [5, 5.41) is 10.7. The van der Waals surface area contributed by atoms with Crippen LogP contribution < -0.4 is 9.46 Å². The molecule has 0 heterocycles. The van der Waals surface area contributed by atoms with Crippen molar-refractivity contribution in [3.63, 3.8) is 0 Å². The first kappa shape index (κ1) is 15.1. The third kappa shape index (κ3) is 3.76. The number of hydrogen-bond acceptors (Lipinski definition) is 5. The van der Waals surface area contributed by atoms with E-state index in [-0.39, 0.29) is 22.9 Å². The van der Waals surface area contributed by atoms with Crippen molar-refractivity contribution < 1.29 is 18.1 Å². The second-order valence-electron chi connectivity index (χ2n) is 3.57. The molecule has 0 fully saturated rings. The van der Waals surface area contributed by atoms with Crippen molar-refractivity contribution >= 4 is 15.7 Å². The highest BCUT2D eigenvalue weighted by atomic mass is 32.2. The van der Waals surface area contributed by atoms with Gasteiger partial charge >= 0.3 is 0 Å². The van der Waals surface area contributed by atoms with Gasteiger partial charge in [0.1, 0.15) is 10.6 Å². The van der Waals surface area contributed by atoms with E-state index in [1.165, 1.54) is 19.2 Å². The van der Waals surface area contributed by atoms with Gasteiger partial charge in [-0.25, -0.2) is 13.1 Å². The zero-order chi connectivity index (χ0) is 14.5. The molecule has 0 aliphatic rings. The van der Waals surface area contributed by atoms with Gasteiger partial charge in [-0.2, -0.15) is 0 Å². The van der Waals surface area contributed by atoms with Gasteiger partial charge < -0.3 is 4.74 Å². The fourth-order valence-corrected chi connectivity index (χ4v) is 2.60. The molecular formula is C11H14N2O5S. The summed E-state index contributed by atoms with van der Waals surface area (Å²) in [4.78, 5) is 9.76. The summed E-state index contributed by atoms with van der Waals surface area (Å²) in [6.45, 7) is 3.64. The summed E-state index contributed by atoms with van der Waals surface area (Å²) >= 11 is 0. The van der Waals surface area contributed by atoms with Crippen molar-refractivity contribution in [2.24, 2.45) is 0 Å². The molecule has 7 nitrogen and oxygen atoms in total. The SMILES string of the molecule is C=CCCNS(=O)(=O)c1cc([N+](=O)[O-])ccc1OC. The molecular weight excluding hydrogens is 272 g/mol. The van der Waals surface area contributed by atoms with E-state index >= 15 is 0 Å². The molecule has 1 rings (SSSR count). The van der Waals surface area contributed by atoms with Crippen LogP contribution in [0.2, 0.25) is 0 Å². The average molecular weight is 286 g/mol. The van der Waals surface area contributed by atoms with E-state index in [1.54, 1.807) is 6.08 Å². The van der Waals surface area contributed by atoms with Crippen molar-refractivity contribution in [2.75, 3.05) is 13.7 Å². The van der Waals surface area contributed by atoms with Gasteiger partial charge in [-0.3, -0.25) is 10.1 Å². The van der Waals surface area contributed by atoms with Gasteiger partial charge in [-0.15, -0.1) is 6.58 Å². The summed E-state index contributed by atoms with van der Waals surface area (Å²) in [5.74, 6) is 0.0525. The standard InChI is InChI=1S/C11H14N2O5S/c1-3-4-7-12-19(16,17)11-8-9(13(14)15)5-6-10(11)18-2/h3,5-6,8,12H,1,4,7H2,2H3. The lowest BCUT2D eigenvalue weighted by atomic mass is 10.3. The van der Waals surface area contributed by atoms with Crippen molar-refractivity contribution in [2.45, 2.75) is 11.3 Å². The first-order chi connectivity index (χ1) is 8.92. The number of sulfonamides is 1. The Balaban J connectivity index is 3.18. The van der Waals surface area contributed by atoms with Crippen LogP contribution in [0.1, 0.15) is 6.42 Å². The quantitative estimate of drug-likeness (QED) is 0.354. The summed E-state index contributed by atoms with van der Waals surface area (Å²) in [6, 6.07) is 3.40. The second-order valence-corrected chi connectivity index (χ2v) is 5.30. The van der Waals surface area contributed by atoms with Crippen LogP contribution in [-0.2, 0) is 10.0 Å². The third-order valence-corrected chi connectivity index (χ3v) is 3.77. The molecule has 0 amide bonds. The maximum atomic E-state index is 12.0. The number of hydrogen-bond donors (Lipinski definition) is 1. The number of nitro benzene ring substituents is 1. The van der Waals surface area contributed by atoms with Crippen LogP contribution in [-0.4, -0.2) is 27.0 Å². The predicted molar refractivity (Wildman–Crippen MR) is 69.7 cm³/mol. The highest BCUT2D eigenvalue weighted by molar-refractivity contribution is 7.89. The summed E-state index contributed by atoms with van der Waals surface area (Å²) in [5.41, 5.74) is -0.315. The number of rotatable bonds is 7. The van der Waals surface area contributed by atoms with Crippen LogP contribution in [0, 0.1) is 10.1 Å². The van der Waals surface area contributed by atoms with E-state index in [0.717, 1.165) is 6.07 Å². The molecule has 0 radical (unpaired) electrons. The van der Waals surface area contributed by atoms with Crippen LogP contribution >= 0.6 is 0 Å². The number of ether oxygens (including phenoxy) is 1. The average Bonchev–Trinajstić information content (AvgIpc) is 2.38. The lowest BCUT2D eigenvalue weighted by Gasteiger charge is -2.09. The minimum atomic E-state index is -3.86. The number of methoxy groups -OCH3 is 1. The normalized spacial score (nSPS) is 11.0. The van der Waals surface area contributed by atoms with Crippen molar-refractivity contribution in [1.29, 1.82) is 0 Å². The summed E-state index contributed by atoms with van der Waals surface area (Å²) < 4.78 is 31.3. The summed E-state index contributed by atoms with van der Waals surface area (Å²) in [7, 11) is -2.56. The lowest BCUT2D eigenvalue weighted by Crippen LogP contribution is -2.25. The van der Waals surface area contributed by atoms with E-state index < -0.39 is 14.9 Å². The van der Waals surface area contributed by atoms with Gasteiger partial charge in [-0.1, -0.05) is 6.08 Å². The number of nitrogens with zero attached hydrogens (tertiary/aromatic N) is 1. The van der Waals surface area contributed by atoms with Gasteiger partial charge in [0, 0.05) is 18.7 Å². The molecule has 1 N–H and O–H groups in total. The smallest absolute Gasteiger partial charge is 0.271 e. The molecule has 104 valence electrons. The van der Waals surface area contributed by atoms with Crippen LogP contribution in [0.5, 0.6) is 5.75 Å². The molecule has 0 saturated carbocycles. The van der Waals surface area contributed by atoms with Crippen molar-refractivity contribution in [3.8, 4) is 5.75 Å². The highest BCUT2D eigenvalue weighted by Crippen LogP contribution is 2.27. The molecule has 0 aromatic heterocycles. The van der Waals surface area contributed by atoms with Crippen molar-refractivity contribution in [3.05, 3.63) is 41.0 Å². The maximum absolute atomic E-state index is 12.0. The number of benzene rings is 1.